The van der Waals surface area contributed by atoms with Crippen molar-refractivity contribution in [3.05, 3.63) is 35.1 Å². The number of likely N-dealkylation sites (tertiary alicyclic amines) is 1. The number of carbonyl (C=O) groups excluding carboxylic acids is 4. The van der Waals surface area contributed by atoms with E-state index < -0.39 is 65.7 Å². The number of carboxylic acid groups (broad SMARTS) is 1. The molecule has 1 spiro atoms. The molecule has 1 aromatic carbocycles. The van der Waals surface area contributed by atoms with Gasteiger partial charge in [0.1, 0.15) is 5.76 Å². The lowest BCUT2D eigenvalue weighted by molar-refractivity contribution is -0.190. The molecule has 2 bridgehead atoms. The molecule has 1 saturated heterocycles. The topological polar surface area (TPSA) is 175 Å². The molecule has 5 rings (SSSR count). The normalized spacial score (nSPS) is 27.5. The van der Waals surface area contributed by atoms with E-state index in [1.165, 1.54) is 7.11 Å². The van der Waals surface area contributed by atoms with Crippen LogP contribution in [-0.4, -0.2) is 102 Å². The van der Waals surface area contributed by atoms with Gasteiger partial charge in [-0.05, 0) is 44.1 Å². The number of nitrogens with zero attached hydrogens (tertiary/aromatic N) is 1. The van der Waals surface area contributed by atoms with E-state index in [0.29, 0.717) is 30.9 Å². The average Bonchev–Trinajstić information content (AvgIpc) is 3.29. The SMILES string of the molecule is COc1ccc2c3c1O[C@H]1C(OC(=O)[C@H](OC(C)=O)[C@@H](OC(C)=O)C(=O)O)=CC[C@@]4(O)[C@@H](C2)N(C)CC[C@]314.O=CC(F)(F)F. The van der Waals surface area contributed by atoms with Gasteiger partial charge < -0.3 is 38.8 Å². The molecule has 0 unspecified atom stereocenters. The Morgan fingerprint density at radius 2 is 1.75 bits per heavy atom. The summed E-state index contributed by atoms with van der Waals surface area (Å²) in [7, 11) is 3.47. The van der Waals surface area contributed by atoms with Gasteiger partial charge in [-0.15, -0.1) is 0 Å². The maximum Gasteiger partial charge on any atom is 0.446 e. The van der Waals surface area contributed by atoms with Crippen molar-refractivity contribution in [3.8, 4) is 11.5 Å². The summed E-state index contributed by atoms with van der Waals surface area (Å²) in [6.07, 6.45) is -8.08. The summed E-state index contributed by atoms with van der Waals surface area (Å²) in [5, 5.41) is 21.8. The number of carboxylic acids is 1. The maximum atomic E-state index is 13.3. The van der Waals surface area contributed by atoms with Gasteiger partial charge in [-0.2, -0.15) is 13.2 Å². The van der Waals surface area contributed by atoms with Crippen molar-refractivity contribution in [2.24, 2.45) is 0 Å². The quantitative estimate of drug-likeness (QED) is 0.250. The molecule has 44 heavy (non-hydrogen) atoms. The fourth-order valence-corrected chi connectivity index (χ4v) is 6.59. The first kappa shape index (κ1) is 32.7. The van der Waals surface area contributed by atoms with Crippen molar-refractivity contribution >= 4 is 30.2 Å². The number of rotatable bonds is 7. The summed E-state index contributed by atoms with van der Waals surface area (Å²) in [6.45, 7) is 2.59. The molecule has 16 heteroatoms. The summed E-state index contributed by atoms with van der Waals surface area (Å²) >= 11 is 0. The molecule has 240 valence electrons. The highest BCUT2D eigenvalue weighted by atomic mass is 19.4. The van der Waals surface area contributed by atoms with E-state index in [1.807, 2.05) is 13.1 Å². The molecule has 0 saturated carbocycles. The van der Waals surface area contributed by atoms with E-state index in [1.54, 1.807) is 12.1 Å². The molecular formula is C28H30F3NO12. The van der Waals surface area contributed by atoms with Gasteiger partial charge in [0.25, 0.3) is 0 Å². The van der Waals surface area contributed by atoms with Crippen LogP contribution in [0.4, 0.5) is 13.2 Å². The molecule has 1 fully saturated rings. The Bertz CT molecular complexity index is 1410. The number of ether oxygens (including phenoxy) is 5. The first-order valence-corrected chi connectivity index (χ1v) is 13.3. The summed E-state index contributed by atoms with van der Waals surface area (Å²) in [4.78, 5) is 59.1. The van der Waals surface area contributed by atoms with Crippen molar-refractivity contribution in [1.29, 1.82) is 0 Å². The van der Waals surface area contributed by atoms with Crippen molar-refractivity contribution in [1.82, 2.24) is 4.90 Å². The molecule has 0 aromatic heterocycles. The first-order chi connectivity index (χ1) is 20.5. The number of benzene rings is 1. The maximum absolute atomic E-state index is 13.3. The van der Waals surface area contributed by atoms with Crippen molar-refractivity contribution in [2.45, 2.75) is 74.7 Å². The van der Waals surface area contributed by atoms with Crippen LogP contribution in [0.3, 0.4) is 0 Å². The number of aldehydes is 1. The molecule has 4 aliphatic rings. The third-order valence-corrected chi connectivity index (χ3v) is 8.25. The van der Waals surface area contributed by atoms with Crippen molar-refractivity contribution < 1.29 is 71.0 Å². The van der Waals surface area contributed by atoms with Crippen molar-refractivity contribution in [2.75, 3.05) is 20.7 Å². The largest absolute Gasteiger partial charge is 0.493 e. The fraction of sp³-hybridized carbons (Fsp3) is 0.536. The molecule has 2 N–H and O–H groups in total. The summed E-state index contributed by atoms with van der Waals surface area (Å²) in [5.74, 6) is -3.94. The lowest BCUT2D eigenvalue weighted by Crippen LogP contribution is -2.74. The van der Waals surface area contributed by atoms with Crippen LogP contribution in [0, 0.1) is 0 Å². The van der Waals surface area contributed by atoms with Gasteiger partial charge in [0, 0.05) is 31.9 Å². The first-order valence-electron chi connectivity index (χ1n) is 13.3. The van der Waals surface area contributed by atoms with Crippen LogP contribution in [0.5, 0.6) is 11.5 Å². The third-order valence-electron chi connectivity index (χ3n) is 8.25. The molecule has 2 heterocycles. The monoisotopic (exact) mass is 629 g/mol. The van der Waals surface area contributed by atoms with Gasteiger partial charge in [-0.25, -0.2) is 9.59 Å². The fourth-order valence-electron chi connectivity index (χ4n) is 6.59. The Morgan fingerprint density at radius 3 is 2.30 bits per heavy atom. The smallest absolute Gasteiger partial charge is 0.446 e. The standard InChI is InChI=1S/C26H29NO11.C2HF3O/c1-12(28)35-20(23(30)31)21(36-13(2)29)24(32)37-16-7-8-26(33)17-11-14-5-6-15(34-4)19-18(14)25(26,22(16)38-19)9-10-27(17)3;3-2(4,5)1-6/h5-7,17,20-22,33H,8-11H2,1-4H3,(H,30,31);1H/t17-,20-,21-,22+,25+,26-;/m1./s1. The van der Waals surface area contributed by atoms with E-state index >= 15 is 0 Å². The third kappa shape index (κ3) is 5.47. The van der Waals surface area contributed by atoms with Crippen LogP contribution < -0.4 is 9.47 Å². The predicted octanol–water partition coefficient (Wildman–Crippen LogP) is 1.21. The Balaban J connectivity index is 0.000000670. The Labute approximate surface area is 248 Å². The van der Waals surface area contributed by atoms with E-state index in [-0.39, 0.29) is 18.2 Å². The number of hydrogen-bond donors (Lipinski definition) is 2. The molecule has 0 radical (unpaired) electrons. The average molecular weight is 630 g/mol. The second kappa shape index (κ2) is 11.7. The molecule has 0 amide bonds. The van der Waals surface area contributed by atoms with E-state index in [0.717, 1.165) is 25.0 Å². The van der Waals surface area contributed by atoms with E-state index in [4.69, 9.17) is 28.5 Å². The van der Waals surface area contributed by atoms with E-state index in [2.05, 4.69) is 4.90 Å². The van der Waals surface area contributed by atoms with Gasteiger partial charge in [-0.1, -0.05) is 6.07 Å². The van der Waals surface area contributed by atoms with Crippen LogP contribution in [0.1, 0.15) is 37.8 Å². The Kier molecular flexibility index (Phi) is 8.72. The summed E-state index contributed by atoms with van der Waals surface area (Å²) in [5.41, 5.74) is -0.404. The molecule has 2 aliphatic heterocycles. The molecule has 2 aliphatic carbocycles. The highest BCUT2D eigenvalue weighted by Crippen LogP contribution is 2.65. The van der Waals surface area contributed by atoms with Gasteiger partial charge >= 0.3 is 30.1 Å². The number of aliphatic carboxylic acids is 1. The summed E-state index contributed by atoms with van der Waals surface area (Å²) in [6, 6.07) is 3.52. The number of piperidine rings is 1. The van der Waals surface area contributed by atoms with Gasteiger partial charge in [-0.3, -0.25) is 14.4 Å². The minimum absolute atomic E-state index is 0.0400. The predicted molar refractivity (Wildman–Crippen MR) is 138 cm³/mol. The second-order valence-corrected chi connectivity index (χ2v) is 10.8. The number of hydrogen-bond acceptors (Lipinski definition) is 12. The lowest BCUT2D eigenvalue weighted by Gasteiger charge is -2.61. The minimum atomic E-state index is -4.64. The molecule has 1 aromatic rings. The van der Waals surface area contributed by atoms with Crippen LogP contribution >= 0.6 is 0 Å². The van der Waals surface area contributed by atoms with Crippen molar-refractivity contribution in [3.63, 3.8) is 0 Å². The van der Waals surface area contributed by atoms with Gasteiger partial charge in [0.2, 0.25) is 18.5 Å². The number of carbonyl (C=O) groups is 5. The zero-order valence-corrected chi connectivity index (χ0v) is 24.0. The molecular weight excluding hydrogens is 599 g/mol. The minimum Gasteiger partial charge on any atom is -0.493 e. The van der Waals surface area contributed by atoms with Crippen LogP contribution in [0.2, 0.25) is 0 Å². The molecule has 6 atom stereocenters. The molecule has 13 nitrogen and oxygen atoms in total. The van der Waals surface area contributed by atoms with Gasteiger partial charge in [0.05, 0.1) is 18.1 Å². The Morgan fingerprint density at radius 1 is 1.14 bits per heavy atom. The number of methoxy groups -OCH3 is 1. The van der Waals surface area contributed by atoms with Crippen LogP contribution in [0.15, 0.2) is 24.0 Å². The van der Waals surface area contributed by atoms with Gasteiger partial charge in [0.15, 0.2) is 17.6 Å². The van der Waals surface area contributed by atoms with Crippen LogP contribution in [-0.2, 0) is 50.0 Å². The van der Waals surface area contributed by atoms with E-state index in [9.17, 15) is 42.6 Å². The number of aliphatic hydroxyl groups is 1. The zero-order valence-electron chi connectivity index (χ0n) is 24.0. The zero-order chi connectivity index (χ0) is 32.8. The number of esters is 3. The Hall–Kier alpha value is -4.18. The number of likely N-dealkylation sites (N-methyl/N-ethyl adjacent to an activating group) is 1. The number of alkyl halides is 3. The lowest BCUT2D eigenvalue weighted by atomic mass is 9.50. The summed E-state index contributed by atoms with van der Waals surface area (Å²) < 4.78 is 58.5. The highest BCUT2D eigenvalue weighted by molar-refractivity contribution is 5.88. The number of halogens is 3. The highest BCUT2D eigenvalue weighted by Gasteiger charge is 2.72. The van der Waals surface area contributed by atoms with Crippen LogP contribution in [0.25, 0.3) is 0 Å². The second-order valence-electron chi connectivity index (χ2n) is 10.8.